The first kappa shape index (κ1) is 19.3. The molecule has 1 heterocycles. The van der Waals surface area contributed by atoms with E-state index in [-0.39, 0.29) is 19.0 Å². The van der Waals surface area contributed by atoms with Crippen molar-refractivity contribution in [2.75, 3.05) is 28.1 Å². The number of benzene rings is 1. The van der Waals surface area contributed by atoms with Crippen molar-refractivity contribution < 1.29 is 19.0 Å². The first-order chi connectivity index (χ1) is 12.0. The largest absolute Gasteiger partial charge is 0.494 e. The van der Waals surface area contributed by atoms with Gasteiger partial charge in [-0.25, -0.2) is 4.68 Å². The predicted octanol–water partition coefficient (Wildman–Crippen LogP) is 1.33. The molecule has 25 heavy (non-hydrogen) atoms. The smallest absolute Gasteiger partial charge is 0.277 e. The van der Waals surface area contributed by atoms with Crippen LogP contribution in [0.2, 0.25) is 0 Å². The monoisotopic (exact) mass is 459 g/mol. The molecule has 0 aliphatic rings. The zero-order valence-electron chi connectivity index (χ0n) is 14.0. The molecule has 0 saturated heterocycles. The van der Waals surface area contributed by atoms with E-state index >= 15 is 0 Å². The Morgan fingerprint density at radius 3 is 2.68 bits per heavy atom. The molecule has 0 atom stereocenters. The van der Waals surface area contributed by atoms with Crippen molar-refractivity contribution in [3.63, 3.8) is 0 Å². The van der Waals surface area contributed by atoms with Crippen LogP contribution in [-0.4, -0.2) is 43.7 Å². The highest BCUT2D eigenvalue weighted by molar-refractivity contribution is 14.1. The maximum Gasteiger partial charge on any atom is 0.277 e. The van der Waals surface area contributed by atoms with Gasteiger partial charge in [0.25, 0.3) is 5.91 Å². The fourth-order valence-electron chi connectivity index (χ4n) is 2.13. The minimum atomic E-state index is -0.622. The van der Waals surface area contributed by atoms with Crippen molar-refractivity contribution in [3.8, 4) is 11.4 Å². The van der Waals surface area contributed by atoms with Crippen molar-refractivity contribution in [1.29, 1.82) is 0 Å². The van der Waals surface area contributed by atoms with Crippen molar-refractivity contribution in [2.45, 2.75) is 6.61 Å². The number of carbonyl (C=O) groups is 1. The Morgan fingerprint density at radius 1 is 1.28 bits per heavy atom. The lowest BCUT2D eigenvalue weighted by Gasteiger charge is -2.14. The summed E-state index contributed by atoms with van der Waals surface area (Å²) in [5.74, 6) is -0.0577. The molecule has 1 aromatic heterocycles. The van der Waals surface area contributed by atoms with Gasteiger partial charge in [0.2, 0.25) is 5.43 Å². The summed E-state index contributed by atoms with van der Waals surface area (Å²) in [5.41, 5.74) is 0.171. The molecule has 0 spiro atoms. The molecule has 2 aromatic rings. The molecule has 0 aliphatic carbocycles. The van der Waals surface area contributed by atoms with Gasteiger partial charge < -0.3 is 19.5 Å². The van der Waals surface area contributed by atoms with Gasteiger partial charge in [-0.05, 0) is 40.8 Å². The van der Waals surface area contributed by atoms with Crippen LogP contribution >= 0.6 is 22.6 Å². The van der Waals surface area contributed by atoms with Gasteiger partial charge in [0.05, 0.1) is 13.7 Å². The standard InChI is InChI=1S/C16H18IN3O5/c1-23-8-10-7-20(12-5-4-11(17)6-13(12)25-3)19-14(15(10)21)16(22)18-9-24-2/h4-7H,8-9H2,1-3H3,(H,18,22). The molecular weight excluding hydrogens is 441 g/mol. The van der Waals surface area contributed by atoms with Crippen LogP contribution < -0.4 is 15.5 Å². The highest BCUT2D eigenvalue weighted by atomic mass is 127. The number of carbonyl (C=O) groups excluding carboxylic acids is 1. The fourth-order valence-corrected chi connectivity index (χ4v) is 2.60. The Morgan fingerprint density at radius 2 is 2.04 bits per heavy atom. The Balaban J connectivity index is 2.60. The van der Waals surface area contributed by atoms with E-state index in [2.05, 4.69) is 33.0 Å². The number of methoxy groups -OCH3 is 3. The number of hydrogen-bond acceptors (Lipinski definition) is 6. The van der Waals surface area contributed by atoms with Crippen LogP contribution in [0.4, 0.5) is 0 Å². The number of nitrogens with zero attached hydrogens (tertiary/aromatic N) is 2. The van der Waals surface area contributed by atoms with E-state index in [1.807, 2.05) is 12.1 Å². The molecule has 0 aliphatic heterocycles. The molecule has 0 fully saturated rings. The zero-order valence-corrected chi connectivity index (χ0v) is 16.2. The third-order valence-corrected chi connectivity index (χ3v) is 3.94. The Bertz CT molecular complexity index is 822. The van der Waals surface area contributed by atoms with Gasteiger partial charge in [0, 0.05) is 29.6 Å². The number of halogens is 1. The average molecular weight is 459 g/mol. The van der Waals surface area contributed by atoms with Gasteiger partial charge in [-0.15, -0.1) is 0 Å². The number of nitrogens with one attached hydrogen (secondary N) is 1. The Labute approximate surface area is 158 Å². The van der Waals surface area contributed by atoms with Gasteiger partial charge >= 0.3 is 0 Å². The molecule has 8 nitrogen and oxygen atoms in total. The van der Waals surface area contributed by atoms with Crippen molar-refractivity contribution >= 4 is 28.5 Å². The highest BCUT2D eigenvalue weighted by Gasteiger charge is 2.18. The van der Waals surface area contributed by atoms with Gasteiger partial charge in [-0.2, -0.15) is 5.10 Å². The van der Waals surface area contributed by atoms with Crippen LogP contribution in [0.5, 0.6) is 5.75 Å². The second-order valence-corrected chi connectivity index (χ2v) is 6.21. The Hall–Kier alpha value is -1.98. The molecule has 2 rings (SSSR count). The second kappa shape index (κ2) is 8.92. The molecule has 0 unspecified atom stereocenters. The number of rotatable bonds is 7. The van der Waals surface area contributed by atoms with E-state index in [0.29, 0.717) is 17.0 Å². The number of ether oxygens (including phenoxy) is 3. The summed E-state index contributed by atoms with van der Waals surface area (Å²) < 4.78 is 17.7. The lowest BCUT2D eigenvalue weighted by Crippen LogP contribution is -2.34. The molecular formula is C16H18IN3O5. The van der Waals surface area contributed by atoms with Crippen LogP contribution in [0.1, 0.15) is 16.1 Å². The molecule has 0 saturated carbocycles. The van der Waals surface area contributed by atoms with Crippen molar-refractivity contribution in [3.05, 3.63) is 49.4 Å². The normalized spacial score (nSPS) is 10.6. The summed E-state index contributed by atoms with van der Waals surface area (Å²) in [5, 5.41) is 6.64. The summed E-state index contributed by atoms with van der Waals surface area (Å²) in [6, 6.07) is 5.50. The first-order valence-corrected chi connectivity index (χ1v) is 8.32. The van der Waals surface area contributed by atoms with Gasteiger partial charge in [-0.3, -0.25) is 9.59 Å². The minimum absolute atomic E-state index is 0.0265. The highest BCUT2D eigenvalue weighted by Crippen LogP contribution is 2.24. The van der Waals surface area contributed by atoms with Crippen molar-refractivity contribution in [1.82, 2.24) is 15.1 Å². The van der Waals surface area contributed by atoms with Gasteiger partial charge in [0.15, 0.2) is 5.69 Å². The van der Waals surface area contributed by atoms with E-state index in [0.717, 1.165) is 3.57 Å². The average Bonchev–Trinajstić information content (AvgIpc) is 2.61. The molecule has 134 valence electrons. The summed E-state index contributed by atoms with van der Waals surface area (Å²) in [6.45, 7) is 0.0277. The summed E-state index contributed by atoms with van der Waals surface area (Å²) in [4.78, 5) is 24.7. The number of aromatic nitrogens is 2. The third-order valence-electron chi connectivity index (χ3n) is 3.27. The molecule has 1 amide bonds. The van der Waals surface area contributed by atoms with Gasteiger partial charge in [0.1, 0.15) is 18.2 Å². The minimum Gasteiger partial charge on any atom is -0.494 e. The van der Waals surface area contributed by atoms with Crippen LogP contribution in [0.3, 0.4) is 0 Å². The van der Waals surface area contributed by atoms with Crippen LogP contribution in [0.25, 0.3) is 5.69 Å². The van der Waals surface area contributed by atoms with Crippen LogP contribution in [-0.2, 0) is 16.1 Å². The van der Waals surface area contributed by atoms with E-state index in [1.165, 1.54) is 25.1 Å². The number of amides is 1. The molecule has 0 bridgehead atoms. The molecule has 1 N–H and O–H groups in total. The topological polar surface area (TPSA) is 91.7 Å². The maximum atomic E-state index is 12.5. The lowest BCUT2D eigenvalue weighted by molar-refractivity contribution is 0.0863. The lowest BCUT2D eigenvalue weighted by atomic mass is 10.2. The molecule has 0 radical (unpaired) electrons. The SMILES string of the molecule is COCNC(=O)c1nn(-c2ccc(I)cc2OC)cc(COC)c1=O. The van der Waals surface area contributed by atoms with E-state index < -0.39 is 11.3 Å². The predicted molar refractivity (Wildman–Crippen MR) is 99.2 cm³/mol. The van der Waals surface area contributed by atoms with E-state index in [9.17, 15) is 9.59 Å². The summed E-state index contributed by atoms with van der Waals surface area (Å²) in [7, 11) is 4.45. The first-order valence-electron chi connectivity index (χ1n) is 7.24. The van der Waals surface area contributed by atoms with Gasteiger partial charge in [-0.1, -0.05) is 0 Å². The quantitative estimate of drug-likeness (QED) is 0.497. The van der Waals surface area contributed by atoms with Crippen molar-refractivity contribution in [2.24, 2.45) is 0 Å². The fraction of sp³-hybridized carbons (Fsp3) is 0.312. The number of hydrogen-bond donors (Lipinski definition) is 1. The summed E-state index contributed by atoms with van der Waals surface area (Å²) >= 11 is 2.16. The van der Waals surface area contributed by atoms with Crippen LogP contribution in [0.15, 0.2) is 29.2 Å². The Kier molecular flexibility index (Phi) is 6.91. The van der Waals surface area contributed by atoms with Crippen LogP contribution in [0, 0.1) is 3.57 Å². The maximum absolute atomic E-state index is 12.5. The molecule has 9 heteroatoms. The third kappa shape index (κ3) is 4.55. The van der Waals surface area contributed by atoms with E-state index in [4.69, 9.17) is 14.2 Å². The second-order valence-electron chi connectivity index (χ2n) is 4.96. The van der Waals surface area contributed by atoms with E-state index in [1.54, 1.807) is 13.2 Å². The summed E-state index contributed by atoms with van der Waals surface area (Å²) in [6.07, 6.45) is 1.53. The zero-order chi connectivity index (χ0) is 18.4. The molecule has 1 aromatic carbocycles.